The smallest absolute Gasteiger partial charge is 0.410 e. The molecule has 1 fully saturated rings. The van der Waals surface area contributed by atoms with E-state index in [0.29, 0.717) is 13.0 Å². The van der Waals surface area contributed by atoms with Crippen LogP contribution in [0.3, 0.4) is 0 Å². The van der Waals surface area contributed by atoms with E-state index in [1.165, 1.54) is 6.08 Å². The number of hydrogen-bond acceptors (Lipinski definition) is 3. The molecule has 84 valence electrons. The van der Waals surface area contributed by atoms with Gasteiger partial charge in [-0.3, -0.25) is 4.79 Å². The van der Waals surface area contributed by atoms with Crippen LogP contribution in [-0.2, 0) is 9.53 Å². The summed E-state index contributed by atoms with van der Waals surface area (Å²) in [6, 6.07) is 0.0263. The number of hydrogen-bond donors (Lipinski definition) is 1. The maximum Gasteiger partial charge on any atom is 0.410 e. The molecule has 0 bridgehead atoms. The molecule has 1 saturated heterocycles. The highest BCUT2D eigenvalue weighted by Crippen LogP contribution is 2.22. The Kier molecular flexibility index (Phi) is 4.15. The fourth-order valence-electron chi connectivity index (χ4n) is 1.48. The first kappa shape index (κ1) is 11.6. The Morgan fingerprint density at radius 2 is 2.33 bits per heavy atom. The van der Waals surface area contributed by atoms with Crippen molar-refractivity contribution in [3.8, 4) is 0 Å². The maximum atomic E-state index is 11.3. The highest BCUT2D eigenvalue weighted by atomic mass is 16.6. The first-order chi connectivity index (χ1) is 7.15. The average molecular weight is 213 g/mol. The summed E-state index contributed by atoms with van der Waals surface area (Å²) < 4.78 is 4.85. The predicted octanol–water partition coefficient (Wildman–Crippen LogP) is 1.25. The van der Waals surface area contributed by atoms with Gasteiger partial charge in [0, 0.05) is 19.0 Å². The standard InChI is InChI=1S/C10H15NO4/c1-2-7-15-10(14)11-6-5-8(11)3-4-9(12)13/h2,8H,1,3-7H2,(H,12,13). The fraction of sp³-hybridized carbons (Fsp3) is 0.600. The van der Waals surface area contributed by atoms with E-state index < -0.39 is 5.97 Å². The molecule has 1 heterocycles. The van der Waals surface area contributed by atoms with Crippen LogP contribution < -0.4 is 0 Å². The first-order valence-electron chi connectivity index (χ1n) is 4.91. The summed E-state index contributed by atoms with van der Waals surface area (Å²) in [5, 5.41) is 8.50. The lowest BCUT2D eigenvalue weighted by Gasteiger charge is -2.39. The molecule has 0 aromatic carbocycles. The largest absolute Gasteiger partial charge is 0.481 e. The van der Waals surface area contributed by atoms with Gasteiger partial charge in [-0.2, -0.15) is 0 Å². The van der Waals surface area contributed by atoms with Gasteiger partial charge in [0.05, 0.1) is 0 Å². The number of rotatable bonds is 5. The predicted molar refractivity (Wildman–Crippen MR) is 53.5 cm³/mol. The second-order valence-corrected chi connectivity index (χ2v) is 3.43. The molecule has 1 amide bonds. The molecule has 0 aromatic rings. The van der Waals surface area contributed by atoms with E-state index in [4.69, 9.17) is 9.84 Å². The zero-order valence-corrected chi connectivity index (χ0v) is 8.52. The van der Waals surface area contributed by atoms with Crippen LogP contribution in [-0.4, -0.2) is 41.3 Å². The number of amides is 1. The molecule has 0 spiro atoms. The van der Waals surface area contributed by atoms with Crippen molar-refractivity contribution >= 4 is 12.1 Å². The highest BCUT2D eigenvalue weighted by molar-refractivity contribution is 5.70. The third-order valence-electron chi connectivity index (χ3n) is 2.39. The zero-order chi connectivity index (χ0) is 11.3. The summed E-state index contributed by atoms with van der Waals surface area (Å²) >= 11 is 0. The number of carbonyl (C=O) groups is 2. The van der Waals surface area contributed by atoms with Gasteiger partial charge < -0.3 is 14.7 Å². The minimum absolute atomic E-state index is 0.0263. The normalized spacial score (nSPS) is 19.2. The number of carboxylic acids is 1. The van der Waals surface area contributed by atoms with Crippen LogP contribution in [0.5, 0.6) is 0 Å². The monoisotopic (exact) mass is 213 g/mol. The Labute approximate surface area is 88.3 Å². The van der Waals surface area contributed by atoms with Crippen molar-refractivity contribution < 1.29 is 19.4 Å². The molecule has 1 N–H and O–H groups in total. The first-order valence-corrected chi connectivity index (χ1v) is 4.91. The minimum Gasteiger partial charge on any atom is -0.481 e. The summed E-state index contributed by atoms with van der Waals surface area (Å²) in [5.41, 5.74) is 0. The maximum absolute atomic E-state index is 11.3. The van der Waals surface area contributed by atoms with Gasteiger partial charge in [-0.05, 0) is 12.8 Å². The molecule has 0 aromatic heterocycles. The van der Waals surface area contributed by atoms with Crippen LogP contribution in [0.15, 0.2) is 12.7 Å². The summed E-state index contributed by atoms with van der Waals surface area (Å²) in [7, 11) is 0. The Morgan fingerprint density at radius 3 is 2.80 bits per heavy atom. The fourth-order valence-corrected chi connectivity index (χ4v) is 1.48. The van der Waals surface area contributed by atoms with E-state index in [9.17, 15) is 9.59 Å². The van der Waals surface area contributed by atoms with Crippen molar-refractivity contribution in [2.75, 3.05) is 13.2 Å². The van der Waals surface area contributed by atoms with Gasteiger partial charge in [-0.15, -0.1) is 0 Å². The van der Waals surface area contributed by atoms with E-state index in [1.54, 1.807) is 4.90 Å². The lowest BCUT2D eigenvalue weighted by Crippen LogP contribution is -2.51. The van der Waals surface area contributed by atoms with Crippen LogP contribution in [0, 0.1) is 0 Å². The van der Waals surface area contributed by atoms with E-state index in [1.807, 2.05) is 0 Å². The Hall–Kier alpha value is -1.52. The van der Waals surface area contributed by atoms with Gasteiger partial charge in [-0.25, -0.2) is 4.79 Å². The third-order valence-corrected chi connectivity index (χ3v) is 2.39. The quantitative estimate of drug-likeness (QED) is 0.698. The van der Waals surface area contributed by atoms with Crippen LogP contribution in [0.2, 0.25) is 0 Å². The Morgan fingerprint density at radius 1 is 1.60 bits per heavy atom. The number of nitrogens with zero attached hydrogens (tertiary/aromatic N) is 1. The molecule has 15 heavy (non-hydrogen) atoms. The van der Waals surface area contributed by atoms with Gasteiger partial charge in [0.1, 0.15) is 6.61 Å². The molecule has 0 aliphatic carbocycles. The molecule has 0 saturated carbocycles. The molecule has 0 radical (unpaired) electrons. The molecule has 5 nitrogen and oxygen atoms in total. The van der Waals surface area contributed by atoms with E-state index in [0.717, 1.165) is 6.42 Å². The molecule has 1 aliphatic rings. The second kappa shape index (κ2) is 5.38. The Balaban J connectivity index is 2.27. The molecular weight excluding hydrogens is 198 g/mol. The molecule has 1 aliphatic heterocycles. The van der Waals surface area contributed by atoms with E-state index in [-0.39, 0.29) is 25.2 Å². The number of carboxylic acid groups (broad SMARTS) is 1. The lowest BCUT2D eigenvalue weighted by atomic mass is 9.99. The number of likely N-dealkylation sites (tertiary alicyclic amines) is 1. The third kappa shape index (κ3) is 3.27. The van der Waals surface area contributed by atoms with Crippen LogP contribution in [0.4, 0.5) is 4.79 Å². The van der Waals surface area contributed by atoms with Crippen LogP contribution in [0.25, 0.3) is 0 Å². The summed E-state index contributed by atoms with van der Waals surface area (Å²) in [4.78, 5) is 23.3. The summed E-state index contributed by atoms with van der Waals surface area (Å²) in [5.74, 6) is -0.832. The van der Waals surface area contributed by atoms with Gasteiger partial charge >= 0.3 is 12.1 Å². The van der Waals surface area contributed by atoms with Crippen LogP contribution in [0.1, 0.15) is 19.3 Å². The number of aliphatic carboxylic acids is 1. The van der Waals surface area contributed by atoms with E-state index >= 15 is 0 Å². The molecule has 1 rings (SSSR count). The molecule has 1 unspecified atom stereocenters. The van der Waals surface area contributed by atoms with Crippen molar-refractivity contribution in [3.63, 3.8) is 0 Å². The number of carbonyl (C=O) groups excluding carboxylic acids is 1. The van der Waals surface area contributed by atoms with Crippen molar-refractivity contribution in [2.24, 2.45) is 0 Å². The number of ether oxygens (including phenoxy) is 1. The summed E-state index contributed by atoms with van der Waals surface area (Å²) in [6.07, 6.45) is 2.58. The average Bonchev–Trinajstić information content (AvgIpc) is 2.12. The van der Waals surface area contributed by atoms with E-state index in [2.05, 4.69) is 6.58 Å². The van der Waals surface area contributed by atoms with Gasteiger partial charge in [0.2, 0.25) is 0 Å². The van der Waals surface area contributed by atoms with Gasteiger partial charge in [-0.1, -0.05) is 12.7 Å². The SMILES string of the molecule is C=CCOC(=O)N1CCC1CCC(=O)O. The van der Waals surface area contributed by atoms with Gasteiger partial charge in [0.25, 0.3) is 0 Å². The van der Waals surface area contributed by atoms with Crippen molar-refractivity contribution in [1.82, 2.24) is 4.90 Å². The van der Waals surface area contributed by atoms with Crippen molar-refractivity contribution in [3.05, 3.63) is 12.7 Å². The van der Waals surface area contributed by atoms with Crippen LogP contribution >= 0.6 is 0 Å². The Bertz CT molecular complexity index is 264. The minimum atomic E-state index is -0.832. The van der Waals surface area contributed by atoms with Gasteiger partial charge in [0.15, 0.2) is 0 Å². The molecule has 1 atom stereocenters. The second-order valence-electron chi connectivity index (χ2n) is 3.43. The highest BCUT2D eigenvalue weighted by Gasteiger charge is 2.33. The molecule has 5 heteroatoms. The van der Waals surface area contributed by atoms with Crippen molar-refractivity contribution in [1.29, 1.82) is 0 Å². The molecular formula is C10H15NO4. The topological polar surface area (TPSA) is 66.8 Å². The summed E-state index contributed by atoms with van der Waals surface area (Å²) in [6.45, 7) is 4.29. The lowest BCUT2D eigenvalue weighted by molar-refractivity contribution is -0.137. The van der Waals surface area contributed by atoms with Crippen molar-refractivity contribution in [2.45, 2.75) is 25.3 Å². The zero-order valence-electron chi connectivity index (χ0n) is 8.52.